The molecule has 1 heterocycles. The van der Waals surface area contributed by atoms with E-state index >= 15 is 0 Å². The van der Waals surface area contributed by atoms with Crippen LogP contribution in [0.1, 0.15) is 32.2 Å². The number of benzene rings is 1. The number of aromatic nitrogens is 1. The Labute approximate surface area is 124 Å². The first kappa shape index (κ1) is 13.7. The van der Waals surface area contributed by atoms with Crippen LogP contribution < -0.4 is 16.0 Å². The molecule has 0 aliphatic heterocycles. The highest BCUT2D eigenvalue weighted by atomic mass is 16.5. The van der Waals surface area contributed by atoms with Crippen molar-refractivity contribution in [1.82, 2.24) is 4.57 Å². The van der Waals surface area contributed by atoms with E-state index in [1.807, 2.05) is 34.9 Å². The molecule has 21 heavy (non-hydrogen) atoms. The molecular weight excluding hydrogens is 264 g/mol. The molecule has 1 aliphatic rings. The minimum atomic E-state index is -0.0969. The summed E-state index contributed by atoms with van der Waals surface area (Å²) in [5, 5.41) is 0. The number of nitrogens with two attached hydrogens (primary N) is 1. The summed E-state index contributed by atoms with van der Waals surface area (Å²) in [6.45, 7) is 2.74. The first-order valence-corrected chi connectivity index (χ1v) is 7.45. The molecule has 1 aromatic carbocycles. The number of nitrogen functional groups attached to an aromatic ring is 1. The lowest BCUT2D eigenvalue weighted by molar-refractivity contribution is 0.318. The third-order valence-corrected chi connectivity index (χ3v) is 3.68. The monoisotopic (exact) mass is 284 g/mol. The number of hydrogen-bond donors (Lipinski definition) is 1. The van der Waals surface area contributed by atoms with Crippen molar-refractivity contribution in [3.8, 4) is 17.0 Å². The van der Waals surface area contributed by atoms with E-state index < -0.39 is 0 Å². The Bertz CT molecular complexity index is 702. The lowest BCUT2D eigenvalue weighted by atomic mass is 10.1. The fraction of sp³-hybridized carbons (Fsp3) is 0.353. The van der Waals surface area contributed by atoms with Gasteiger partial charge in [0.15, 0.2) is 0 Å². The normalized spacial score (nSPS) is 14.1. The zero-order chi connectivity index (χ0) is 14.8. The van der Waals surface area contributed by atoms with E-state index in [0.717, 1.165) is 36.3 Å². The van der Waals surface area contributed by atoms with Crippen molar-refractivity contribution in [2.24, 2.45) is 0 Å². The van der Waals surface area contributed by atoms with E-state index in [0.29, 0.717) is 12.3 Å². The van der Waals surface area contributed by atoms with Crippen LogP contribution in [-0.2, 0) is 0 Å². The average molecular weight is 284 g/mol. The topological polar surface area (TPSA) is 57.2 Å². The van der Waals surface area contributed by atoms with Crippen LogP contribution in [0.4, 0.5) is 5.69 Å². The Hall–Kier alpha value is -2.23. The third-order valence-electron chi connectivity index (χ3n) is 3.68. The third kappa shape index (κ3) is 2.66. The van der Waals surface area contributed by atoms with Gasteiger partial charge in [-0.25, -0.2) is 0 Å². The molecule has 1 aliphatic carbocycles. The van der Waals surface area contributed by atoms with Gasteiger partial charge in [-0.2, -0.15) is 0 Å². The Kier molecular flexibility index (Phi) is 3.69. The lowest BCUT2D eigenvalue weighted by Gasteiger charge is -2.16. The first-order valence-electron chi connectivity index (χ1n) is 7.45. The van der Waals surface area contributed by atoms with Crippen LogP contribution in [0.2, 0.25) is 0 Å². The van der Waals surface area contributed by atoms with Crippen LogP contribution in [0.25, 0.3) is 11.3 Å². The summed E-state index contributed by atoms with van der Waals surface area (Å²) in [5.41, 5.74) is 7.84. The average Bonchev–Trinajstić information content (AvgIpc) is 3.33. The maximum absolute atomic E-state index is 12.4. The van der Waals surface area contributed by atoms with E-state index in [-0.39, 0.29) is 11.6 Å². The summed E-state index contributed by atoms with van der Waals surface area (Å²) in [5.74, 6) is 0.818. The minimum absolute atomic E-state index is 0.0969. The number of rotatable bonds is 5. The van der Waals surface area contributed by atoms with E-state index in [4.69, 9.17) is 10.5 Å². The predicted molar refractivity (Wildman–Crippen MR) is 84.6 cm³/mol. The van der Waals surface area contributed by atoms with Gasteiger partial charge in [0.1, 0.15) is 5.75 Å². The summed E-state index contributed by atoms with van der Waals surface area (Å²) >= 11 is 0. The number of para-hydroxylation sites is 1. The van der Waals surface area contributed by atoms with Crippen LogP contribution in [0.15, 0.2) is 41.2 Å². The molecule has 0 atom stereocenters. The molecular formula is C17H20N2O2. The van der Waals surface area contributed by atoms with Crippen molar-refractivity contribution in [2.45, 2.75) is 32.2 Å². The van der Waals surface area contributed by atoms with Crippen LogP contribution in [0.5, 0.6) is 5.75 Å². The molecule has 2 N–H and O–H groups in total. The number of ether oxygens (including phenoxy) is 1. The summed E-state index contributed by atoms with van der Waals surface area (Å²) in [6, 6.07) is 11.7. The molecule has 0 radical (unpaired) electrons. The lowest BCUT2D eigenvalue weighted by Crippen LogP contribution is -2.23. The second-order valence-electron chi connectivity index (χ2n) is 5.42. The van der Waals surface area contributed by atoms with Gasteiger partial charge in [-0.3, -0.25) is 4.79 Å². The fourth-order valence-corrected chi connectivity index (χ4v) is 2.50. The van der Waals surface area contributed by atoms with Gasteiger partial charge in [0.05, 0.1) is 18.0 Å². The molecule has 0 saturated heterocycles. The second kappa shape index (κ2) is 5.64. The van der Waals surface area contributed by atoms with Crippen molar-refractivity contribution in [3.63, 3.8) is 0 Å². The Balaban J connectivity index is 2.13. The Morgan fingerprint density at radius 1 is 1.24 bits per heavy atom. The number of hydrogen-bond acceptors (Lipinski definition) is 3. The van der Waals surface area contributed by atoms with Crippen LogP contribution in [0, 0.1) is 0 Å². The highest BCUT2D eigenvalue weighted by molar-refractivity contribution is 5.68. The quantitative estimate of drug-likeness (QED) is 0.917. The van der Waals surface area contributed by atoms with Gasteiger partial charge in [-0.05, 0) is 43.5 Å². The molecule has 1 saturated carbocycles. The molecule has 1 fully saturated rings. The van der Waals surface area contributed by atoms with Crippen molar-refractivity contribution >= 4 is 5.69 Å². The van der Waals surface area contributed by atoms with Crippen molar-refractivity contribution in [1.29, 1.82) is 0 Å². The molecule has 0 unspecified atom stereocenters. The zero-order valence-electron chi connectivity index (χ0n) is 12.2. The van der Waals surface area contributed by atoms with Crippen molar-refractivity contribution in [2.75, 3.05) is 12.3 Å². The predicted octanol–water partition coefficient (Wildman–Crippen LogP) is 3.22. The standard InChI is InChI=1S/C17H20N2O2/c1-2-11-21-16-6-4-3-5-13(16)15-10-9-14(18)17(20)19(15)12-7-8-12/h3-6,9-10,12H,2,7-8,11,18H2,1H3. The van der Waals surface area contributed by atoms with Gasteiger partial charge in [0, 0.05) is 11.6 Å². The second-order valence-corrected chi connectivity index (χ2v) is 5.42. The summed E-state index contributed by atoms with van der Waals surface area (Å²) in [6.07, 6.45) is 3.02. The smallest absolute Gasteiger partial charge is 0.274 e. The van der Waals surface area contributed by atoms with Crippen molar-refractivity contribution < 1.29 is 4.74 Å². The number of nitrogens with zero attached hydrogens (tertiary/aromatic N) is 1. The van der Waals surface area contributed by atoms with Gasteiger partial charge in [-0.15, -0.1) is 0 Å². The SMILES string of the molecule is CCCOc1ccccc1-c1ccc(N)c(=O)n1C1CC1. The fourth-order valence-electron chi connectivity index (χ4n) is 2.50. The van der Waals surface area contributed by atoms with Crippen molar-refractivity contribution in [3.05, 3.63) is 46.8 Å². The minimum Gasteiger partial charge on any atom is -0.493 e. The largest absolute Gasteiger partial charge is 0.493 e. The Morgan fingerprint density at radius 2 is 2.00 bits per heavy atom. The first-order chi connectivity index (χ1) is 10.2. The maximum Gasteiger partial charge on any atom is 0.274 e. The molecule has 110 valence electrons. The van der Waals surface area contributed by atoms with E-state index in [9.17, 15) is 4.79 Å². The molecule has 2 aromatic rings. The zero-order valence-corrected chi connectivity index (χ0v) is 12.2. The number of pyridine rings is 1. The van der Waals surface area contributed by atoms with Crippen LogP contribution >= 0.6 is 0 Å². The van der Waals surface area contributed by atoms with Gasteiger partial charge in [0.25, 0.3) is 5.56 Å². The van der Waals surface area contributed by atoms with Gasteiger partial charge < -0.3 is 15.0 Å². The van der Waals surface area contributed by atoms with E-state index in [1.165, 1.54) is 0 Å². The van der Waals surface area contributed by atoms with E-state index in [1.54, 1.807) is 6.07 Å². The molecule has 1 aromatic heterocycles. The highest BCUT2D eigenvalue weighted by Crippen LogP contribution is 2.39. The van der Waals surface area contributed by atoms with Crippen LogP contribution in [-0.4, -0.2) is 11.2 Å². The molecule has 0 spiro atoms. The summed E-state index contributed by atoms with van der Waals surface area (Å²) in [7, 11) is 0. The molecule has 3 rings (SSSR count). The van der Waals surface area contributed by atoms with E-state index in [2.05, 4.69) is 6.92 Å². The van der Waals surface area contributed by atoms with Gasteiger partial charge in [0.2, 0.25) is 0 Å². The summed E-state index contributed by atoms with van der Waals surface area (Å²) in [4.78, 5) is 12.4. The van der Waals surface area contributed by atoms with Gasteiger partial charge in [-0.1, -0.05) is 19.1 Å². The molecule has 0 bridgehead atoms. The Morgan fingerprint density at radius 3 is 2.71 bits per heavy atom. The molecule has 4 heteroatoms. The maximum atomic E-state index is 12.4. The number of anilines is 1. The van der Waals surface area contributed by atoms with Gasteiger partial charge >= 0.3 is 0 Å². The molecule has 0 amide bonds. The van der Waals surface area contributed by atoms with Crippen LogP contribution in [0.3, 0.4) is 0 Å². The highest BCUT2D eigenvalue weighted by Gasteiger charge is 2.28. The summed E-state index contributed by atoms with van der Waals surface area (Å²) < 4.78 is 7.64. The molecule has 4 nitrogen and oxygen atoms in total.